The number of anilines is 1. The summed E-state index contributed by atoms with van der Waals surface area (Å²) < 4.78 is 71.0. The van der Waals surface area contributed by atoms with Crippen molar-refractivity contribution in [2.45, 2.75) is 19.1 Å². The largest absolute Gasteiger partial charge is 0.380 e. The summed E-state index contributed by atoms with van der Waals surface area (Å²) in [6, 6.07) is 12.0. The summed E-state index contributed by atoms with van der Waals surface area (Å²) >= 11 is 7.41. The van der Waals surface area contributed by atoms with Gasteiger partial charge in [0.2, 0.25) is 16.0 Å². The smallest absolute Gasteiger partial charge is 0.306 e. The zero-order chi connectivity index (χ0) is 28.3. The van der Waals surface area contributed by atoms with Gasteiger partial charge in [0.05, 0.1) is 37.6 Å². The van der Waals surface area contributed by atoms with Crippen molar-refractivity contribution in [3.05, 3.63) is 58.7 Å². The Bertz CT molecular complexity index is 1950. The van der Waals surface area contributed by atoms with Crippen molar-refractivity contribution in [1.82, 2.24) is 18.9 Å². The summed E-state index contributed by atoms with van der Waals surface area (Å²) in [5.74, 6) is -0.588. The fourth-order valence-electron chi connectivity index (χ4n) is 3.95. The van der Waals surface area contributed by atoms with Gasteiger partial charge in [-0.25, -0.2) is 26.7 Å². The second kappa shape index (κ2) is 9.62. The zero-order valence-electron chi connectivity index (χ0n) is 20.6. The number of nitrogens with one attached hydrogen (secondary N) is 1. The Morgan fingerprint density at radius 2 is 1.74 bits per heavy atom. The van der Waals surface area contributed by atoms with E-state index in [0.717, 1.165) is 10.2 Å². The van der Waals surface area contributed by atoms with Crippen LogP contribution in [0.15, 0.2) is 48.5 Å². The average molecular weight is 610 g/mol. The van der Waals surface area contributed by atoms with Gasteiger partial charge in [0.15, 0.2) is 5.75 Å². The highest BCUT2D eigenvalue weighted by Crippen LogP contribution is 2.40. The molecule has 0 radical (unpaired) electrons. The Labute approximate surface area is 232 Å². The number of fused-ring (bicyclic) bond motifs is 1. The summed E-state index contributed by atoms with van der Waals surface area (Å²) in [4.78, 5) is 12.8. The van der Waals surface area contributed by atoms with Crippen LogP contribution in [0.1, 0.15) is 13.8 Å². The first-order valence-corrected chi connectivity index (χ1v) is 15.8. The van der Waals surface area contributed by atoms with E-state index in [1.54, 1.807) is 24.3 Å². The Kier molecular flexibility index (Phi) is 6.69. The SMILES string of the molecule is CC(C)S(=O)(=O)n1c(N)nc2c(OS(C)(=O)=O)cc(-c3nc(-c4ccc(Cl)s4)[nH]c3-c3ccc(F)cc3)cc21. The molecule has 3 aromatic heterocycles. The van der Waals surface area contributed by atoms with Gasteiger partial charge < -0.3 is 14.9 Å². The number of benzene rings is 2. The summed E-state index contributed by atoms with van der Waals surface area (Å²) in [6.07, 6.45) is 0.855. The summed E-state index contributed by atoms with van der Waals surface area (Å²) in [6.45, 7) is 2.97. The van der Waals surface area contributed by atoms with Crippen molar-refractivity contribution < 1.29 is 25.4 Å². The minimum Gasteiger partial charge on any atom is -0.380 e. The lowest BCUT2D eigenvalue weighted by Crippen LogP contribution is -2.23. The molecular weight excluding hydrogens is 589 g/mol. The molecule has 5 aromatic rings. The Balaban J connectivity index is 1.85. The van der Waals surface area contributed by atoms with Crippen LogP contribution in [0.4, 0.5) is 10.3 Å². The lowest BCUT2D eigenvalue weighted by atomic mass is 10.0. The molecule has 0 aliphatic rings. The van der Waals surface area contributed by atoms with Gasteiger partial charge in [-0.1, -0.05) is 11.6 Å². The molecule has 0 aliphatic carbocycles. The van der Waals surface area contributed by atoms with Gasteiger partial charge in [-0.2, -0.15) is 8.42 Å². The molecule has 0 aliphatic heterocycles. The van der Waals surface area contributed by atoms with E-state index >= 15 is 0 Å². The molecule has 0 saturated heterocycles. The fraction of sp³-hybridized carbons (Fsp3) is 0.167. The number of aromatic nitrogens is 4. The van der Waals surface area contributed by atoms with Gasteiger partial charge in [0.1, 0.15) is 17.2 Å². The number of rotatable bonds is 7. The van der Waals surface area contributed by atoms with Crippen LogP contribution in [0.25, 0.3) is 44.2 Å². The minimum atomic E-state index is -4.05. The van der Waals surface area contributed by atoms with Gasteiger partial charge in [-0.05, 0) is 62.4 Å². The second-order valence-electron chi connectivity index (χ2n) is 8.88. The fourth-order valence-corrected chi connectivity index (χ4v) is 6.53. The molecule has 39 heavy (non-hydrogen) atoms. The highest BCUT2D eigenvalue weighted by Gasteiger charge is 2.28. The maximum atomic E-state index is 13.7. The van der Waals surface area contributed by atoms with Gasteiger partial charge in [0.25, 0.3) is 0 Å². The van der Waals surface area contributed by atoms with Crippen molar-refractivity contribution in [3.8, 4) is 39.0 Å². The lowest BCUT2D eigenvalue weighted by molar-refractivity contribution is 0.495. The normalized spacial score (nSPS) is 12.5. The predicted octanol–water partition coefficient (Wildman–Crippen LogP) is 5.12. The van der Waals surface area contributed by atoms with Crippen LogP contribution in [0.3, 0.4) is 0 Å². The van der Waals surface area contributed by atoms with Crippen LogP contribution >= 0.6 is 22.9 Å². The van der Waals surface area contributed by atoms with Crippen LogP contribution in [-0.4, -0.2) is 47.3 Å². The molecule has 3 heterocycles. The number of imidazole rings is 2. The number of H-pyrrole nitrogens is 1. The van der Waals surface area contributed by atoms with Crippen LogP contribution in [0, 0.1) is 5.82 Å². The first-order valence-electron chi connectivity index (χ1n) is 11.3. The Hall–Kier alpha value is -3.46. The third-order valence-corrected chi connectivity index (χ3v) is 9.52. The van der Waals surface area contributed by atoms with Crippen molar-refractivity contribution in [3.63, 3.8) is 0 Å². The first-order chi connectivity index (χ1) is 18.2. The van der Waals surface area contributed by atoms with E-state index in [4.69, 9.17) is 26.5 Å². The molecule has 10 nitrogen and oxygen atoms in total. The average Bonchev–Trinajstić information content (AvgIpc) is 3.55. The van der Waals surface area contributed by atoms with Crippen LogP contribution in [-0.2, 0) is 20.1 Å². The van der Waals surface area contributed by atoms with Gasteiger partial charge in [-0.15, -0.1) is 11.3 Å². The van der Waals surface area contributed by atoms with E-state index in [0.29, 0.717) is 37.6 Å². The number of hydrogen-bond acceptors (Lipinski definition) is 9. The van der Waals surface area contributed by atoms with Gasteiger partial charge in [-0.3, -0.25) is 0 Å². The van der Waals surface area contributed by atoms with E-state index in [2.05, 4.69) is 9.97 Å². The van der Waals surface area contributed by atoms with E-state index in [1.807, 2.05) is 0 Å². The molecular formula is C24H21ClFN5O5S3. The molecule has 0 amide bonds. The van der Waals surface area contributed by atoms with Crippen molar-refractivity contribution in [2.75, 3.05) is 12.0 Å². The molecule has 0 bridgehead atoms. The first kappa shape index (κ1) is 27.1. The number of nitrogens with zero attached hydrogens (tertiary/aromatic N) is 3. The quantitative estimate of drug-likeness (QED) is 0.241. The molecule has 0 atom stereocenters. The molecule has 5 rings (SSSR count). The molecule has 15 heteroatoms. The van der Waals surface area contributed by atoms with Gasteiger partial charge >= 0.3 is 10.1 Å². The Morgan fingerprint density at radius 1 is 1.05 bits per heavy atom. The molecule has 0 saturated carbocycles. The standard InChI is InChI=1S/C24H21ClFN5O5S3/c1-12(2)39(34,35)31-16-10-14(11-17(36-38(3,32)33)22(16)30-24(31)27)21-20(13-4-6-15(26)7-5-13)28-23(29-21)18-8-9-19(25)37-18/h4-12H,1-3H3,(H2,27,30)(H,28,29). The molecule has 3 N–H and O–H groups in total. The lowest BCUT2D eigenvalue weighted by Gasteiger charge is -2.12. The van der Waals surface area contributed by atoms with Crippen LogP contribution in [0.2, 0.25) is 4.34 Å². The van der Waals surface area contributed by atoms with Crippen molar-refractivity contribution in [1.29, 1.82) is 0 Å². The summed E-state index contributed by atoms with van der Waals surface area (Å²) in [5.41, 5.74) is 7.61. The molecule has 2 aromatic carbocycles. The van der Waals surface area contributed by atoms with Crippen molar-refractivity contribution in [2.24, 2.45) is 0 Å². The molecule has 0 unspecified atom stereocenters. The topological polar surface area (TPSA) is 150 Å². The van der Waals surface area contributed by atoms with E-state index < -0.39 is 31.2 Å². The number of hydrogen-bond donors (Lipinski definition) is 2. The Morgan fingerprint density at radius 3 is 2.33 bits per heavy atom. The summed E-state index contributed by atoms with van der Waals surface area (Å²) in [5, 5.41) is -0.865. The van der Waals surface area contributed by atoms with Crippen LogP contribution < -0.4 is 9.92 Å². The minimum absolute atomic E-state index is 0.00567. The number of nitrogen functional groups attached to an aromatic ring is 1. The predicted molar refractivity (Wildman–Crippen MR) is 150 cm³/mol. The highest BCUT2D eigenvalue weighted by atomic mass is 35.5. The number of halogens is 2. The summed E-state index contributed by atoms with van der Waals surface area (Å²) in [7, 11) is -8.06. The van der Waals surface area contributed by atoms with E-state index in [9.17, 15) is 21.2 Å². The molecule has 204 valence electrons. The van der Waals surface area contributed by atoms with E-state index in [-0.39, 0.29) is 22.7 Å². The van der Waals surface area contributed by atoms with Gasteiger partial charge in [0, 0.05) is 11.1 Å². The van der Waals surface area contributed by atoms with Crippen LogP contribution in [0.5, 0.6) is 5.75 Å². The third kappa shape index (κ3) is 5.12. The number of aromatic amines is 1. The third-order valence-electron chi connectivity index (χ3n) is 5.72. The number of nitrogens with two attached hydrogens (primary N) is 1. The molecule has 0 spiro atoms. The van der Waals surface area contributed by atoms with E-state index in [1.165, 1.54) is 49.4 Å². The second-order valence-corrected chi connectivity index (χ2v) is 14.5. The highest BCUT2D eigenvalue weighted by molar-refractivity contribution is 7.90. The maximum Gasteiger partial charge on any atom is 0.306 e. The number of thiophene rings is 1. The monoisotopic (exact) mass is 609 g/mol. The molecule has 0 fully saturated rings. The maximum absolute atomic E-state index is 13.7. The van der Waals surface area contributed by atoms with Crippen molar-refractivity contribution >= 4 is 60.1 Å². The zero-order valence-corrected chi connectivity index (χ0v) is 23.8.